The highest BCUT2D eigenvalue weighted by Crippen LogP contribution is 2.37. The molecule has 0 bridgehead atoms. The number of anilines is 2. The van der Waals surface area contributed by atoms with Crippen molar-refractivity contribution in [2.75, 3.05) is 4.90 Å². The van der Waals surface area contributed by atoms with Crippen molar-refractivity contribution in [1.29, 1.82) is 0 Å². The van der Waals surface area contributed by atoms with Crippen molar-refractivity contribution >= 4 is 28.9 Å². The number of carbonyl (C=O) groups excluding carboxylic acids is 1. The third kappa shape index (κ3) is 2.28. The van der Waals surface area contributed by atoms with Gasteiger partial charge in [-0.2, -0.15) is 0 Å². The Kier molecular flexibility index (Phi) is 3.55. The molecule has 7 heteroatoms. The fourth-order valence-corrected chi connectivity index (χ4v) is 3.12. The molecule has 24 heavy (non-hydrogen) atoms. The van der Waals surface area contributed by atoms with Crippen LogP contribution in [0.4, 0.5) is 11.4 Å². The van der Waals surface area contributed by atoms with Crippen LogP contribution in [0.25, 0.3) is 5.69 Å². The van der Waals surface area contributed by atoms with Crippen LogP contribution in [-0.4, -0.2) is 20.7 Å². The Hall–Kier alpha value is -2.70. The van der Waals surface area contributed by atoms with Crippen molar-refractivity contribution in [3.8, 4) is 5.69 Å². The van der Waals surface area contributed by atoms with E-state index >= 15 is 0 Å². The van der Waals surface area contributed by atoms with Gasteiger partial charge in [-0.1, -0.05) is 29.8 Å². The summed E-state index contributed by atoms with van der Waals surface area (Å²) in [5.74, 6) is 1.08. The second kappa shape index (κ2) is 5.74. The summed E-state index contributed by atoms with van der Waals surface area (Å²) in [7, 11) is 0. The molecule has 0 saturated heterocycles. The third-order valence-electron chi connectivity index (χ3n) is 3.97. The monoisotopic (exact) mass is 339 g/mol. The first-order chi connectivity index (χ1) is 11.7. The molecule has 2 aromatic carbocycles. The number of benzene rings is 2. The summed E-state index contributed by atoms with van der Waals surface area (Å²) in [6.45, 7) is 0.231. The number of halogens is 1. The van der Waals surface area contributed by atoms with Gasteiger partial charge in [-0.05, 0) is 30.3 Å². The van der Waals surface area contributed by atoms with Gasteiger partial charge in [0, 0.05) is 10.7 Å². The van der Waals surface area contributed by atoms with Gasteiger partial charge in [-0.25, -0.2) is 0 Å². The zero-order chi connectivity index (χ0) is 16.7. The van der Waals surface area contributed by atoms with E-state index in [1.807, 2.05) is 41.0 Å². The SMILES string of the molecule is NCc1nnc2n1-c1ccc(Cl)cc1N(c1ccccc1)C(=O)C2. The van der Waals surface area contributed by atoms with E-state index in [9.17, 15) is 4.79 Å². The summed E-state index contributed by atoms with van der Waals surface area (Å²) >= 11 is 6.20. The largest absolute Gasteiger partial charge is 0.324 e. The second-order valence-electron chi connectivity index (χ2n) is 5.45. The zero-order valence-corrected chi connectivity index (χ0v) is 13.4. The van der Waals surface area contributed by atoms with E-state index < -0.39 is 0 Å². The molecule has 1 aromatic heterocycles. The number of nitrogens with zero attached hydrogens (tertiary/aromatic N) is 4. The van der Waals surface area contributed by atoms with Crippen molar-refractivity contribution in [2.24, 2.45) is 5.73 Å². The molecular formula is C17H14ClN5O. The van der Waals surface area contributed by atoms with Crippen LogP contribution < -0.4 is 10.6 Å². The van der Waals surface area contributed by atoms with Gasteiger partial charge in [0.05, 0.1) is 24.3 Å². The summed E-state index contributed by atoms with van der Waals surface area (Å²) < 4.78 is 1.84. The first-order valence-electron chi connectivity index (χ1n) is 7.50. The molecule has 6 nitrogen and oxygen atoms in total. The van der Waals surface area contributed by atoms with E-state index in [0.717, 1.165) is 11.4 Å². The van der Waals surface area contributed by atoms with Crippen LogP contribution in [0.2, 0.25) is 5.02 Å². The van der Waals surface area contributed by atoms with E-state index in [1.54, 1.807) is 17.0 Å². The minimum absolute atomic E-state index is 0.0977. The molecule has 0 unspecified atom stereocenters. The van der Waals surface area contributed by atoms with Gasteiger partial charge in [0.1, 0.15) is 5.82 Å². The number of nitrogens with two attached hydrogens (primary N) is 1. The summed E-state index contributed by atoms with van der Waals surface area (Å²) in [5, 5.41) is 8.78. The highest BCUT2D eigenvalue weighted by molar-refractivity contribution is 6.31. The van der Waals surface area contributed by atoms with E-state index in [1.165, 1.54) is 0 Å². The smallest absolute Gasteiger partial charge is 0.239 e. The lowest BCUT2D eigenvalue weighted by Crippen LogP contribution is -2.26. The maximum atomic E-state index is 12.9. The van der Waals surface area contributed by atoms with Crippen LogP contribution in [0.15, 0.2) is 48.5 Å². The van der Waals surface area contributed by atoms with Crippen LogP contribution >= 0.6 is 11.6 Å². The predicted molar refractivity (Wildman–Crippen MR) is 91.6 cm³/mol. The molecule has 0 aliphatic carbocycles. The number of carbonyl (C=O) groups is 1. The normalized spacial score (nSPS) is 13.4. The van der Waals surface area contributed by atoms with Crippen LogP contribution in [0.3, 0.4) is 0 Å². The Morgan fingerprint density at radius 3 is 2.62 bits per heavy atom. The molecular weight excluding hydrogens is 326 g/mol. The average molecular weight is 340 g/mol. The quantitative estimate of drug-likeness (QED) is 0.778. The molecule has 3 aromatic rings. The molecule has 1 aliphatic rings. The Labute approximate surface area is 143 Å². The highest BCUT2D eigenvalue weighted by atomic mass is 35.5. The van der Waals surface area contributed by atoms with Crippen LogP contribution in [0.5, 0.6) is 0 Å². The molecule has 2 N–H and O–H groups in total. The molecule has 0 spiro atoms. The lowest BCUT2D eigenvalue weighted by atomic mass is 10.2. The summed E-state index contributed by atoms with van der Waals surface area (Å²) in [4.78, 5) is 14.6. The number of rotatable bonds is 2. The predicted octanol–water partition coefficient (Wildman–Crippen LogP) is 2.60. The number of hydrogen-bond donors (Lipinski definition) is 1. The molecule has 120 valence electrons. The molecule has 1 amide bonds. The van der Waals surface area contributed by atoms with Crippen molar-refractivity contribution in [3.05, 3.63) is 65.2 Å². The first-order valence-corrected chi connectivity index (χ1v) is 7.88. The summed E-state index contributed by atoms with van der Waals surface area (Å²) in [5.41, 5.74) is 8.04. The van der Waals surface area contributed by atoms with Gasteiger partial charge < -0.3 is 5.73 Å². The Bertz CT molecular complexity index is 922. The van der Waals surface area contributed by atoms with Crippen LogP contribution in [0, 0.1) is 0 Å². The molecule has 2 heterocycles. The molecule has 0 fully saturated rings. The molecule has 4 rings (SSSR count). The average Bonchev–Trinajstić information content (AvgIpc) is 2.94. The number of aromatic nitrogens is 3. The fraction of sp³-hybridized carbons (Fsp3) is 0.118. The van der Waals surface area contributed by atoms with Crippen molar-refractivity contribution in [3.63, 3.8) is 0 Å². The van der Waals surface area contributed by atoms with E-state index in [-0.39, 0.29) is 18.9 Å². The van der Waals surface area contributed by atoms with Gasteiger partial charge in [0.15, 0.2) is 5.82 Å². The maximum absolute atomic E-state index is 12.9. The third-order valence-corrected chi connectivity index (χ3v) is 4.21. The van der Waals surface area contributed by atoms with Gasteiger partial charge in [0.25, 0.3) is 0 Å². The summed E-state index contributed by atoms with van der Waals surface area (Å²) in [6.07, 6.45) is 0.133. The Morgan fingerprint density at radius 2 is 1.88 bits per heavy atom. The zero-order valence-electron chi connectivity index (χ0n) is 12.7. The Balaban J connectivity index is 2.01. The number of para-hydroxylation sites is 1. The van der Waals surface area contributed by atoms with Gasteiger partial charge in [-0.3, -0.25) is 14.3 Å². The van der Waals surface area contributed by atoms with E-state index in [0.29, 0.717) is 22.4 Å². The lowest BCUT2D eigenvalue weighted by molar-refractivity contribution is -0.117. The van der Waals surface area contributed by atoms with Crippen LogP contribution in [0.1, 0.15) is 11.6 Å². The molecule has 0 atom stereocenters. The van der Waals surface area contributed by atoms with Gasteiger partial charge in [-0.15, -0.1) is 10.2 Å². The minimum atomic E-state index is -0.0977. The first kappa shape index (κ1) is 14.9. The topological polar surface area (TPSA) is 77.0 Å². The van der Waals surface area contributed by atoms with Gasteiger partial charge in [0.2, 0.25) is 5.91 Å². The molecule has 0 radical (unpaired) electrons. The molecule has 1 aliphatic heterocycles. The minimum Gasteiger partial charge on any atom is -0.324 e. The molecule has 0 saturated carbocycles. The van der Waals surface area contributed by atoms with E-state index in [4.69, 9.17) is 17.3 Å². The number of hydrogen-bond acceptors (Lipinski definition) is 4. The van der Waals surface area contributed by atoms with Crippen LogP contribution in [-0.2, 0) is 17.8 Å². The van der Waals surface area contributed by atoms with Crippen molar-refractivity contribution in [2.45, 2.75) is 13.0 Å². The van der Waals surface area contributed by atoms with E-state index in [2.05, 4.69) is 10.2 Å². The maximum Gasteiger partial charge on any atom is 0.239 e. The lowest BCUT2D eigenvalue weighted by Gasteiger charge is -2.23. The van der Waals surface area contributed by atoms with Crippen molar-refractivity contribution < 1.29 is 4.79 Å². The number of amides is 1. The summed E-state index contributed by atoms with van der Waals surface area (Å²) in [6, 6.07) is 14.9. The number of fused-ring (bicyclic) bond motifs is 3. The Morgan fingerprint density at radius 1 is 1.08 bits per heavy atom. The van der Waals surface area contributed by atoms with Gasteiger partial charge >= 0.3 is 0 Å². The highest BCUT2D eigenvalue weighted by Gasteiger charge is 2.29. The second-order valence-corrected chi connectivity index (χ2v) is 5.88. The van der Waals surface area contributed by atoms with Crippen molar-refractivity contribution in [1.82, 2.24) is 14.8 Å². The standard InChI is InChI=1S/C17H14ClN5O/c18-11-6-7-13-14(8-11)22(12-4-2-1-3-5-12)17(24)9-15-20-21-16(10-19)23(13)15/h1-8H,9-10,19H2. The fourth-order valence-electron chi connectivity index (χ4n) is 2.95.